The minimum atomic E-state index is -0.431. The molecular weight excluding hydrogens is 310 g/mol. The molecule has 126 valence electrons. The van der Waals surface area contributed by atoms with Gasteiger partial charge in [0.25, 0.3) is 0 Å². The lowest BCUT2D eigenvalue weighted by atomic mass is 9.63. The molecule has 2 atom stereocenters. The molecule has 0 saturated carbocycles. The molecule has 2 heterocycles. The highest BCUT2D eigenvalue weighted by Gasteiger charge is 2.46. The molecule has 2 aliphatic rings. The fraction of sp³-hybridized carbons (Fsp3) is 0.286. The fourth-order valence-corrected chi connectivity index (χ4v) is 4.29. The van der Waals surface area contributed by atoms with Gasteiger partial charge in [0, 0.05) is 48.3 Å². The van der Waals surface area contributed by atoms with E-state index >= 15 is 0 Å². The molecule has 2 aromatic heterocycles. The summed E-state index contributed by atoms with van der Waals surface area (Å²) in [4.78, 5) is 24.0. The van der Waals surface area contributed by atoms with Gasteiger partial charge in [0.15, 0.2) is 0 Å². The van der Waals surface area contributed by atoms with E-state index in [1.807, 2.05) is 24.4 Å². The minimum absolute atomic E-state index is 0.0466. The van der Waals surface area contributed by atoms with Crippen molar-refractivity contribution in [2.24, 2.45) is 10.9 Å². The number of hydrogen-bond acceptors (Lipinski definition) is 3. The van der Waals surface area contributed by atoms with Gasteiger partial charge < -0.3 is 4.98 Å². The van der Waals surface area contributed by atoms with Crippen molar-refractivity contribution in [3.05, 3.63) is 87.1 Å². The number of nitrogens with zero attached hydrogens (tertiary/aromatic N) is 2. The van der Waals surface area contributed by atoms with E-state index in [2.05, 4.69) is 36.0 Å². The molecule has 0 fully saturated rings. The lowest BCUT2D eigenvalue weighted by Crippen LogP contribution is -2.40. The second-order valence-electron chi connectivity index (χ2n) is 6.86. The van der Waals surface area contributed by atoms with Gasteiger partial charge in [0.2, 0.25) is 5.56 Å². The van der Waals surface area contributed by atoms with Crippen LogP contribution in [-0.2, 0) is 12.0 Å². The van der Waals surface area contributed by atoms with Crippen LogP contribution in [0.2, 0.25) is 0 Å². The monoisotopic (exact) mass is 331 g/mol. The number of hydrogen-bond donors (Lipinski definition) is 1. The third-order valence-corrected chi connectivity index (χ3v) is 5.22. The molecule has 2 bridgehead atoms. The maximum atomic E-state index is 11.8. The van der Waals surface area contributed by atoms with E-state index < -0.39 is 5.54 Å². The number of fused-ring (bicyclic) bond motifs is 4. The zero-order valence-electron chi connectivity index (χ0n) is 14.5. The van der Waals surface area contributed by atoms with Gasteiger partial charge in [0.05, 0.1) is 0 Å². The number of rotatable bonds is 2. The molecule has 1 unspecified atom stereocenters. The summed E-state index contributed by atoms with van der Waals surface area (Å²) in [6.07, 6.45) is 11.7. The average molecular weight is 331 g/mol. The molecule has 4 nitrogen and oxygen atoms in total. The van der Waals surface area contributed by atoms with Crippen molar-refractivity contribution in [3.63, 3.8) is 0 Å². The number of pyridine rings is 2. The van der Waals surface area contributed by atoms with E-state index in [0.717, 1.165) is 29.7 Å². The smallest absolute Gasteiger partial charge is 0.248 e. The topological polar surface area (TPSA) is 58.1 Å². The van der Waals surface area contributed by atoms with Crippen molar-refractivity contribution >= 4 is 6.21 Å². The van der Waals surface area contributed by atoms with E-state index in [0.29, 0.717) is 5.92 Å². The Kier molecular flexibility index (Phi) is 3.75. The largest absolute Gasteiger partial charge is 0.326 e. The number of aliphatic imine (C=N–C) groups is 1. The lowest BCUT2D eigenvalue weighted by Gasteiger charge is -2.45. The van der Waals surface area contributed by atoms with Crippen molar-refractivity contribution in [1.82, 2.24) is 9.97 Å². The third-order valence-electron chi connectivity index (χ3n) is 5.22. The average Bonchev–Trinajstić information content (AvgIpc) is 2.60. The predicted octanol–water partition coefficient (Wildman–Crippen LogP) is 3.55. The summed E-state index contributed by atoms with van der Waals surface area (Å²) >= 11 is 0. The summed E-state index contributed by atoms with van der Waals surface area (Å²) in [5.74, 6) is 0.291. The predicted molar refractivity (Wildman–Crippen MR) is 99.9 cm³/mol. The Bertz CT molecular complexity index is 953. The van der Waals surface area contributed by atoms with Crippen molar-refractivity contribution < 1.29 is 0 Å². The van der Waals surface area contributed by atoms with Crippen LogP contribution in [0, 0.1) is 5.92 Å². The van der Waals surface area contributed by atoms with Gasteiger partial charge in [-0.25, -0.2) is 0 Å². The van der Waals surface area contributed by atoms with Gasteiger partial charge in [-0.1, -0.05) is 17.7 Å². The van der Waals surface area contributed by atoms with Gasteiger partial charge in [-0.05, 0) is 49.6 Å². The first-order valence-electron chi connectivity index (χ1n) is 8.64. The van der Waals surface area contributed by atoms with E-state index in [1.54, 1.807) is 18.5 Å². The second-order valence-corrected chi connectivity index (χ2v) is 6.86. The highest BCUT2D eigenvalue weighted by Crippen LogP contribution is 2.51. The fourth-order valence-electron chi connectivity index (χ4n) is 4.29. The molecule has 2 aliphatic carbocycles. The summed E-state index contributed by atoms with van der Waals surface area (Å²) in [7, 11) is 0. The van der Waals surface area contributed by atoms with Crippen LogP contribution >= 0.6 is 0 Å². The zero-order chi connectivity index (χ0) is 17.4. The number of H-pyrrole nitrogens is 1. The number of nitrogens with one attached hydrogen (secondary N) is 1. The summed E-state index contributed by atoms with van der Waals surface area (Å²) in [5.41, 5.74) is 5.35. The maximum Gasteiger partial charge on any atom is 0.248 e. The van der Waals surface area contributed by atoms with Gasteiger partial charge in [-0.3, -0.25) is 14.8 Å². The molecule has 4 heteroatoms. The SMILES string of the molecule is C/C=C1\C2C=C(C)C[C@@]1(N=Cc1ccncc1)c1ccc(=O)[nH]c1C2. The molecule has 0 saturated heterocycles. The van der Waals surface area contributed by atoms with Gasteiger partial charge in [-0.15, -0.1) is 0 Å². The van der Waals surface area contributed by atoms with Crippen LogP contribution in [-0.4, -0.2) is 16.2 Å². The van der Waals surface area contributed by atoms with Crippen LogP contribution in [0.25, 0.3) is 0 Å². The molecule has 0 amide bonds. The molecule has 0 aliphatic heterocycles. The van der Waals surface area contributed by atoms with Crippen molar-refractivity contribution in [2.45, 2.75) is 32.2 Å². The Morgan fingerprint density at radius 2 is 2.08 bits per heavy atom. The molecule has 0 radical (unpaired) electrons. The van der Waals surface area contributed by atoms with Crippen LogP contribution in [0.5, 0.6) is 0 Å². The summed E-state index contributed by atoms with van der Waals surface area (Å²) in [6.45, 7) is 4.26. The van der Waals surface area contributed by atoms with Crippen molar-refractivity contribution in [1.29, 1.82) is 0 Å². The highest BCUT2D eigenvalue weighted by atomic mass is 16.1. The van der Waals surface area contributed by atoms with Crippen molar-refractivity contribution in [3.8, 4) is 0 Å². The van der Waals surface area contributed by atoms with Crippen LogP contribution in [0.1, 0.15) is 37.1 Å². The molecule has 25 heavy (non-hydrogen) atoms. The normalized spacial score (nSPS) is 26.6. The van der Waals surface area contributed by atoms with Gasteiger partial charge in [-0.2, -0.15) is 0 Å². The molecule has 1 N–H and O–H groups in total. The van der Waals surface area contributed by atoms with Gasteiger partial charge >= 0.3 is 0 Å². The third kappa shape index (κ3) is 2.58. The number of allylic oxidation sites excluding steroid dienone is 2. The standard InChI is InChI=1S/C21H21N3O/c1-3-17-16-10-14(2)12-21(17,23-13-15-6-8-22-9-7-15)18-4-5-20(25)24-19(18)11-16/h3-10,13,16H,11-12H2,1-2H3,(H,24,25)/b17-3+,23-13?/t16?,21-/m0/s1. The Balaban J connectivity index is 1.93. The van der Waals surface area contributed by atoms with E-state index in [4.69, 9.17) is 4.99 Å². The Labute approximate surface area is 147 Å². The van der Waals surface area contributed by atoms with Crippen molar-refractivity contribution in [2.75, 3.05) is 0 Å². The van der Waals surface area contributed by atoms with E-state index in [1.165, 1.54) is 11.1 Å². The minimum Gasteiger partial charge on any atom is -0.326 e. The number of aromatic amines is 1. The second kappa shape index (κ2) is 5.96. The summed E-state index contributed by atoms with van der Waals surface area (Å²) in [5, 5.41) is 0. The molecular formula is C21H21N3O. The van der Waals surface area contributed by atoms with Crippen LogP contribution < -0.4 is 5.56 Å². The molecule has 0 spiro atoms. The summed E-state index contributed by atoms with van der Waals surface area (Å²) in [6, 6.07) is 7.48. The first kappa shape index (κ1) is 15.8. The Morgan fingerprint density at radius 3 is 2.84 bits per heavy atom. The first-order chi connectivity index (χ1) is 12.1. The Hall–Kier alpha value is -2.75. The summed E-state index contributed by atoms with van der Waals surface area (Å²) < 4.78 is 0. The molecule has 0 aromatic carbocycles. The van der Waals surface area contributed by atoms with E-state index in [-0.39, 0.29) is 5.56 Å². The Morgan fingerprint density at radius 1 is 1.28 bits per heavy atom. The van der Waals surface area contributed by atoms with E-state index in [9.17, 15) is 4.79 Å². The highest BCUT2D eigenvalue weighted by molar-refractivity contribution is 5.80. The molecule has 2 aromatic rings. The van der Waals surface area contributed by atoms with Crippen LogP contribution in [0.15, 0.2) is 69.7 Å². The molecule has 4 rings (SSSR count). The number of aromatic nitrogens is 2. The van der Waals surface area contributed by atoms with Crippen LogP contribution in [0.3, 0.4) is 0 Å². The quantitative estimate of drug-likeness (QED) is 0.676. The van der Waals surface area contributed by atoms with Crippen LogP contribution in [0.4, 0.5) is 0 Å². The zero-order valence-corrected chi connectivity index (χ0v) is 14.5. The lowest BCUT2D eigenvalue weighted by molar-refractivity contribution is 0.413. The van der Waals surface area contributed by atoms with Gasteiger partial charge in [0.1, 0.15) is 5.54 Å². The maximum absolute atomic E-state index is 11.8. The first-order valence-corrected chi connectivity index (χ1v) is 8.64.